The van der Waals surface area contributed by atoms with Crippen LogP contribution in [0.1, 0.15) is 46.5 Å². The van der Waals surface area contributed by atoms with Gasteiger partial charge in [-0.2, -0.15) is 0 Å². The van der Waals surface area contributed by atoms with Crippen molar-refractivity contribution in [1.82, 2.24) is 15.5 Å². The standard InChI is InChI=1S/C16H33N3O2/c1-4-14(5-2)15(20)11-18-16(21)17-10-13-8-7-9-19(6-3)12-13/h13-15,20H,4-12H2,1-3H3,(H2,17,18,21). The third kappa shape index (κ3) is 6.66. The molecule has 3 N–H and O–H groups in total. The Morgan fingerprint density at radius 3 is 2.62 bits per heavy atom. The van der Waals surface area contributed by atoms with Crippen molar-refractivity contribution in [3.63, 3.8) is 0 Å². The van der Waals surface area contributed by atoms with Gasteiger partial charge in [0.1, 0.15) is 0 Å². The maximum absolute atomic E-state index is 11.8. The van der Waals surface area contributed by atoms with Crippen molar-refractivity contribution >= 4 is 6.03 Å². The number of piperidine rings is 1. The molecular formula is C16H33N3O2. The first-order valence-electron chi connectivity index (χ1n) is 8.52. The normalized spacial score (nSPS) is 21.3. The Bertz CT molecular complexity index is 295. The van der Waals surface area contributed by atoms with Gasteiger partial charge in [0.25, 0.3) is 0 Å². The number of hydrogen-bond donors (Lipinski definition) is 3. The van der Waals surface area contributed by atoms with Gasteiger partial charge < -0.3 is 20.6 Å². The molecule has 0 aromatic carbocycles. The molecule has 2 unspecified atom stereocenters. The van der Waals surface area contributed by atoms with Crippen molar-refractivity contribution in [2.45, 2.75) is 52.6 Å². The molecule has 1 saturated heterocycles. The average molecular weight is 299 g/mol. The maximum atomic E-state index is 11.8. The number of carbonyl (C=O) groups excluding carboxylic acids is 1. The van der Waals surface area contributed by atoms with Crippen LogP contribution in [0.5, 0.6) is 0 Å². The number of nitrogens with zero attached hydrogens (tertiary/aromatic N) is 1. The number of aliphatic hydroxyl groups excluding tert-OH is 1. The minimum Gasteiger partial charge on any atom is -0.391 e. The van der Waals surface area contributed by atoms with Crippen LogP contribution in [0.15, 0.2) is 0 Å². The Balaban J connectivity index is 2.19. The molecule has 0 bridgehead atoms. The first kappa shape index (κ1) is 18.2. The second kappa shape index (κ2) is 10.0. The van der Waals surface area contributed by atoms with Gasteiger partial charge in [-0.3, -0.25) is 0 Å². The van der Waals surface area contributed by atoms with Crippen molar-refractivity contribution in [2.24, 2.45) is 11.8 Å². The van der Waals surface area contributed by atoms with Gasteiger partial charge in [-0.1, -0.05) is 33.6 Å². The second-order valence-electron chi connectivity index (χ2n) is 6.14. The van der Waals surface area contributed by atoms with Crippen LogP contribution in [-0.4, -0.2) is 54.9 Å². The van der Waals surface area contributed by atoms with Crippen molar-refractivity contribution in [2.75, 3.05) is 32.7 Å². The molecule has 5 nitrogen and oxygen atoms in total. The maximum Gasteiger partial charge on any atom is 0.314 e. The van der Waals surface area contributed by atoms with E-state index >= 15 is 0 Å². The predicted octanol–water partition coefficient (Wildman–Crippen LogP) is 1.81. The Morgan fingerprint density at radius 1 is 1.29 bits per heavy atom. The Morgan fingerprint density at radius 2 is 2.00 bits per heavy atom. The van der Waals surface area contributed by atoms with E-state index in [2.05, 4.69) is 36.3 Å². The van der Waals surface area contributed by atoms with E-state index in [1.54, 1.807) is 0 Å². The van der Waals surface area contributed by atoms with Gasteiger partial charge in [-0.15, -0.1) is 0 Å². The minimum atomic E-state index is -0.448. The van der Waals surface area contributed by atoms with E-state index in [-0.39, 0.29) is 11.9 Å². The molecule has 0 radical (unpaired) electrons. The van der Waals surface area contributed by atoms with Gasteiger partial charge in [-0.05, 0) is 37.8 Å². The highest BCUT2D eigenvalue weighted by Crippen LogP contribution is 2.15. The molecule has 1 heterocycles. The molecular weight excluding hydrogens is 266 g/mol. The third-order valence-electron chi connectivity index (χ3n) is 4.67. The van der Waals surface area contributed by atoms with E-state index in [1.165, 1.54) is 19.4 Å². The molecule has 2 amide bonds. The molecule has 0 aromatic heterocycles. The van der Waals surface area contributed by atoms with Crippen molar-refractivity contribution in [3.05, 3.63) is 0 Å². The molecule has 2 atom stereocenters. The first-order valence-corrected chi connectivity index (χ1v) is 8.52. The van der Waals surface area contributed by atoms with E-state index in [9.17, 15) is 9.90 Å². The van der Waals surface area contributed by atoms with Crippen LogP contribution in [0.25, 0.3) is 0 Å². The van der Waals surface area contributed by atoms with Crippen LogP contribution in [0.2, 0.25) is 0 Å². The summed E-state index contributed by atoms with van der Waals surface area (Å²) >= 11 is 0. The number of hydrogen-bond acceptors (Lipinski definition) is 3. The Hall–Kier alpha value is -0.810. The lowest BCUT2D eigenvalue weighted by Gasteiger charge is -2.31. The number of urea groups is 1. The van der Waals surface area contributed by atoms with E-state index < -0.39 is 6.10 Å². The lowest BCUT2D eigenvalue weighted by molar-refractivity contribution is 0.103. The van der Waals surface area contributed by atoms with Crippen molar-refractivity contribution < 1.29 is 9.90 Å². The molecule has 1 aliphatic heterocycles. The van der Waals surface area contributed by atoms with E-state index in [0.29, 0.717) is 12.5 Å². The summed E-state index contributed by atoms with van der Waals surface area (Å²) in [5, 5.41) is 15.7. The van der Waals surface area contributed by atoms with Crippen molar-refractivity contribution in [3.8, 4) is 0 Å². The summed E-state index contributed by atoms with van der Waals surface area (Å²) in [7, 11) is 0. The fourth-order valence-corrected chi connectivity index (χ4v) is 3.10. The van der Waals surface area contributed by atoms with Crippen LogP contribution < -0.4 is 10.6 Å². The largest absolute Gasteiger partial charge is 0.391 e. The topological polar surface area (TPSA) is 64.6 Å². The van der Waals surface area contributed by atoms with Crippen LogP contribution >= 0.6 is 0 Å². The molecule has 5 heteroatoms. The minimum absolute atomic E-state index is 0.159. The Labute approximate surface area is 129 Å². The summed E-state index contributed by atoms with van der Waals surface area (Å²) in [6, 6.07) is -0.159. The highest BCUT2D eigenvalue weighted by Gasteiger charge is 2.20. The molecule has 0 saturated carbocycles. The molecule has 1 rings (SSSR count). The predicted molar refractivity (Wildman–Crippen MR) is 86.3 cm³/mol. The molecule has 0 aromatic rings. The lowest BCUT2D eigenvalue weighted by atomic mass is 9.96. The number of likely N-dealkylation sites (tertiary alicyclic amines) is 1. The third-order valence-corrected chi connectivity index (χ3v) is 4.67. The summed E-state index contributed by atoms with van der Waals surface area (Å²) in [5.74, 6) is 0.815. The Kier molecular flexibility index (Phi) is 8.69. The van der Waals surface area contributed by atoms with Crippen LogP contribution in [0, 0.1) is 11.8 Å². The first-order chi connectivity index (χ1) is 10.1. The summed E-state index contributed by atoms with van der Waals surface area (Å²) in [5.41, 5.74) is 0. The molecule has 1 aliphatic rings. The number of rotatable bonds is 8. The smallest absolute Gasteiger partial charge is 0.314 e. The number of carbonyl (C=O) groups is 1. The number of amides is 2. The number of aliphatic hydroxyl groups is 1. The van der Waals surface area contributed by atoms with Gasteiger partial charge in [-0.25, -0.2) is 4.79 Å². The lowest BCUT2D eigenvalue weighted by Crippen LogP contribution is -2.45. The van der Waals surface area contributed by atoms with Crippen LogP contribution in [0.4, 0.5) is 4.79 Å². The molecule has 0 spiro atoms. The SMILES string of the molecule is CCC(CC)C(O)CNC(=O)NCC1CCCN(CC)C1. The zero-order chi connectivity index (χ0) is 15.7. The summed E-state index contributed by atoms with van der Waals surface area (Å²) in [6.45, 7) is 10.7. The molecule has 0 aliphatic carbocycles. The summed E-state index contributed by atoms with van der Waals surface area (Å²) in [4.78, 5) is 14.2. The van der Waals surface area contributed by atoms with Gasteiger partial charge in [0.05, 0.1) is 6.10 Å². The molecule has 124 valence electrons. The zero-order valence-corrected chi connectivity index (χ0v) is 13.9. The summed E-state index contributed by atoms with van der Waals surface area (Å²) in [6.07, 6.45) is 3.84. The monoisotopic (exact) mass is 299 g/mol. The van der Waals surface area contributed by atoms with Crippen LogP contribution in [0.3, 0.4) is 0 Å². The van der Waals surface area contributed by atoms with Gasteiger partial charge in [0, 0.05) is 19.6 Å². The van der Waals surface area contributed by atoms with Gasteiger partial charge in [0.15, 0.2) is 0 Å². The van der Waals surface area contributed by atoms with E-state index in [4.69, 9.17) is 0 Å². The summed E-state index contributed by atoms with van der Waals surface area (Å²) < 4.78 is 0. The van der Waals surface area contributed by atoms with Crippen LogP contribution in [-0.2, 0) is 0 Å². The van der Waals surface area contributed by atoms with Gasteiger partial charge >= 0.3 is 6.03 Å². The molecule has 21 heavy (non-hydrogen) atoms. The highest BCUT2D eigenvalue weighted by atomic mass is 16.3. The highest BCUT2D eigenvalue weighted by molar-refractivity contribution is 5.73. The second-order valence-corrected chi connectivity index (χ2v) is 6.14. The average Bonchev–Trinajstić information content (AvgIpc) is 2.52. The van der Waals surface area contributed by atoms with Gasteiger partial charge in [0.2, 0.25) is 0 Å². The van der Waals surface area contributed by atoms with E-state index in [1.807, 2.05) is 0 Å². The molecule has 1 fully saturated rings. The van der Waals surface area contributed by atoms with Crippen molar-refractivity contribution in [1.29, 1.82) is 0 Å². The fourth-order valence-electron chi connectivity index (χ4n) is 3.10. The quantitative estimate of drug-likeness (QED) is 0.640. The number of nitrogens with one attached hydrogen (secondary N) is 2. The fraction of sp³-hybridized carbons (Fsp3) is 0.938. The zero-order valence-electron chi connectivity index (χ0n) is 13.9. The van der Waals surface area contributed by atoms with E-state index in [0.717, 1.165) is 32.5 Å².